The Kier molecular flexibility index (Phi) is 7.57. The Hall–Kier alpha value is -2.74. The number of anilines is 2. The first-order valence-electron chi connectivity index (χ1n) is 9.82. The lowest BCUT2D eigenvalue weighted by Crippen LogP contribution is -2.40. The first kappa shape index (κ1) is 24.9. The number of hydrogen-bond donors (Lipinski definition) is 1. The molecule has 10 nitrogen and oxygen atoms in total. The Labute approximate surface area is 192 Å². The molecular formula is C20H24FN3O7S2. The van der Waals surface area contributed by atoms with E-state index >= 15 is 0 Å². The zero-order chi connectivity index (χ0) is 24.2. The minimum absolute atomic E-state index is 0.0267. The highest BCUT2D eigenvalue weighted by molar-refractivity contribution is 7.92. The van der Waals surface area contributed by atoms with Crippen LogP contribution >= 0.6 is 0 Å². The van der Waals surface area contributed by atoms with Gasteiger partial charge in [0.15, 0.2) is 0 Å². The van der Waals surface area contributed by atoms with E-state index < -0.39 is 38.3 Å². The average molecular weight is 502 g/mol. The number of nitrogens with zero attached hydrogens (tertiary/aromatic N) is 2. The lowest BCUT2D eigenvalue weighted by molar-refractivity contribution is -0.114. The minimum Gasteiger partial charge on any atom is -0.495 e. The molecule has 1 heterocycles. The van der Waals surface area contributed by atoms with Gasteiger partial charge in [-0.3, -0.25) is 9.10 Å². The number of hydrogen-bond acceptors (Lipinski definition) is 7. The van der Waals surface area contributed by atoms with Crippen molar-refractivity contribution in [2.75, 3.05) is 55.8 Å². The Morgan fingerprint density at radius 2 is 1.82 bits per heavy atom. The van der Waals surface area contributed by atoms with Crippen molar-refractivity contribution in [3.8, 4) is 5.75 Å². The van der Waals surface area contributed by atoms with Crippen molar-refractivity contribution in [2.45, 2.75) is 4.90 Å². The number of halogens is 1. The summed E-state index contributed by atoms with van der Waals surface area (Å²) in [6, 6.07) is 9.11. The monoisotopic (exact) mass is 501 g/mol. The van der Waals surface area contributed by atoms with Crippen molar-refractivity contribution in [1.29, 1.82) is 0 Å². The highest BCUT2D eigenvalue weighted by Crippen LogP contribution is 2.29. The van der Waals surface area contributed by atoms with E-state index in [9.17, 15) is 26.0 Å². The molecule has 1 amide bonds. The number of methoxy groups -OCH3 is 1. The predicted molar refractivity (Wildman–Crippen MR) is 120 cm³/mol. The maximum atomic E-state index is 14.2. The predicted octanol–water partition coefficient (Wildman–Crippen LogP) is 1.26. The molecule has 0 unspecified atom stereocenters. The smallest absolute Gasteiger partial charge is 0.245 e. The number of morpholine rings is 1. The molecule has 180 valence electrons. The molecule has 13 heteroatoms. The molecule has 1 aliphatic rings. The molecule has 0 aromatic heterocycles. The second kappa shape index (κ2) is 10.0. The summed E-state index contributed by atoms with van der Waals surface area (Å²) in [6.07, 6.45) is 0.850. The molecule has 0 radical (unpaired) electrons. The van der Waals surface area contributed by atoms with E-state index in [1.165, 1.54) is 47.8 Å². The maximum absolute atomic E-state index is 14.2. The van der Waals surface area contributed by atoms with Crippen molar-refractivity contribution in [1.82, 2.24) is 4.31 Å². The Balaban J connectivity index is 1.88. The second-order valence-corrected chi connectivity index (χ2v) is 11.0. The van der Waals surface area contributed by atoms with Gasteiger partial charge in [-0.15, -0.1) is 0 Å². The van der Waals surface area contributed by atoms with Crippen LogP contribution in [0.25, 0.3) is 0 Å². The summed E-state index contributed by atoms with van der Waals surface area (Å²) in [6.45, 7) is 0.208. The molecular weight excluding hydrogens is 477 g/mol. The van der Waals surface area contributed by atoms with Gasteiger partial charge in [0.2, 0.25) is 26.0 Å². The van der Waals surface area contributed by atoms with E-state index in [-0.39, 0.29) is 48.3 Å². The molecule has 1 N–H and O–H groups in total. The summed E-state index contributed by atoms with van der Waals surface area (Å²) in [5.41, 5.74) is -0.260. The van der Waals surface area contributed by atoms with Gasteiger partial charge in [0, 0.05) is 13.1 Å². The van der Waals surface area contributed by atoms with Crippen molar-refractivity contribution >= 4 is 37.3 Å². The highest BCUT2D eigenvalue weighted by Gasteiger charge is 2.28. The molecule has 2 aromatic rings. The lowest BCUT2D eigenvalue weighted by atomic mass is 10.3. The van der Waals surface area contributed by atoms with Crippen LogP contribution in [0.5, 0.6) is 5.75 Å². The topological polar surface area (TPSA) is 122 Å². The lowest BCUT2D eigenvalue weighted by Gasteiger charge is -2.26. The van der Waals surface area contributed by atoms with Crippen LogP contribution in [0.2, 0.25) is 0 Å². The normalized spacial score (nSPS) is 15.1. The van der Waals surface area contributed by atoms with Crippen LogP contribution in [-0.4, -0.2) is 73.3 Å². The summed E-state index contributed by atoms with van der Waals surface area (Å²) in [5.74, 6) is -1.46. The molecule has 0 saturated carbocycles. The Morgan fingerprint density at radius 1 is 1.15 bits per heavy atom. The third-order valence-corrected chi connectivity index (χ3v) is 7.88. The van der Waals surface area contributed by atoms with Crippen molar-refractivity contribution in [3.05, 3.63) is 48.3 Å². The van der Waals surface area contributed by atoms with Crippen LogP contribution in [0, 0.1) is 5.82 Å². The Morgan fingerprint density at radius 3 is 2.42 bits per heavy atom. The number of rotatable bonds is 8. The van der Waals surface area contributed by atoms with Crippen molar-refractivity contribution in [3.63, 3.8) is 0 Å². The number of para-hydroxylation sites is 1. The van der Waals surface area contributed by atoms with Crippen LogP contribution in [0.15, 0.2) is 47.4 Å². The molecule has 3 rings (SSSR count). The van der Waals surface area contributed by atoms with Crippen LogP contribution < -0.4 is 14.4 Å². The zero-order valence-electron chi connectivity index (χ0n) is 18.0. The molecule has 0 atom stereocenters. The average Bonchev–Trinajstić information content (AvgIpc) is 2.78. The van der Waals surface area contributed by atoms with E-state index in [0.717, 1.165) is 12.3 Å². The fourth-order valence-corrected chi connectivity index (χ4v) is 5.53. The van der Waals surface area contributed by atoms with Gasteiger partial charge in [0.1, 0.15) is 18.1 Å². The molecule has 1 aliphatic heterocycles. The van der Waals surface area contributed by atoms with Gasteiger partial charge >= 0.3 is 0 Å². The largest absolute Gasteiger partial charge is 0.495 e. The number of carbonyl (C=O) groups excluding carboxylic acids is 1. The zero-order valence-corrected chi connectivity index (χ0v) is 19.7. The molecule has 0 aliphatic carbocycles. The summed E-state index contributed by atoms with van der Waals surface area (Å²) in [5, 5.41) is 2.47. The minimum atomic E-state index is -4.00. The summed E-state index contributed by atoms with van der Waals surface area (Å²) in [7, 11) is -6.52. The summed E-state index contributed by atoms with van der Waals surface area (Å²) in [4.78, 5) is 12.6. The summed E-state index contributed by atoms with van der Waals surface area (Å²) >= 11 is 0. The van der Waals surface area contributed by atoms with E-state index in [1.807, 2.05) is 0 Å². The van der Waals surface area contributed by atoms with E-state index in [0.29, 0.717) is 4.31 Å². The van der Waals surface area contributed by atoms with Crippen molar-refractivity contribution < 1.29 is 35.5 Å². The van der Waals surface area contributed by atoms with Gasteiger partial charge in [0.05, 0.1) is 42.8 Å². The van der Waals surface area contributed by atoms with Gasteiger partial charge in [-0.05, 0) is 30.3 Å². The number of benzene rings is 2. The number of carbonyl (C=O) groups is 1. The molecule has 1 saturated heterocycles. The second-order valence-electron chi connectivity index (χ2n) is 7.15. The summed E-state index contributed by atoms with van der Waals surface area (Å²) < 4.78 is 76.8. The number of sulfonamides is 2. The third kappa shape index (κ3) is 5.79. The van der Waals surface area contributed by atoms with Gasteiger partial charge in [0.25, 0.3) is 0 Å². The van der Waals surface area contributed by atoms with E-state index in [2.05, 4.69) is 5.32 Å². The van der Waals surface area contributed by atoms with Gasteiger partial charge in [-0.2, -0.15) is 4.31 Å². The van der Waals surface area contributed by atoms with Crippen molar-refractivity contribution in [2.24, 2.45) is 0 Å². The molecule has 1 fully saturated rings. The maximum Gasteiger partial charge on any atom is 0.245 e. The van der Waals surface area contributed by atoms with Crippen LogP contribution in [-0.2, 0) is 29.6 Å². The van der Waals surface area contributed by atoms with Gasteiger partial charge in [-0.25, -0.2) is 21.2 Å². The molecule has 33 heavy (non-hydrogen) atoms. The molecule has 0 bridgehead atoms. The molecule has 2 aromatic carbocycles. The van der Waals surface area contributed by atoms with Crippen LogP contribution in [0.1, 0.15) is 0 Å². The number of amides is 1. The first-order valence-corrected chi connectivity index (χ1v) is 13.1. The Bertz CT molecular complexity index is 1230. The third-order valence-electron chi connectivity index (χ3n) is 4.86. The number of nitrogens with one attached hydrogen (secondary N) is 1. The van der Waals surface area contributed by atoms with E-state index in [4.69, 9.17) is 9.47 Å². The van der Waals surface area contributed by atoms with Gasteiger partial charge in [-0.1, -0.05) is 12.1 Å². The van der Waals surface area contributed by atoms with Crippen LogP contribution in [0.4, 0.5) is 15.8 Å². The fourth-order valence-electron chi connectivity index (χ4n) is 3.24. The van der Waals surface area contributed by atoms with E-state index in [1.54, 1.807) is 0 Å². The number of ether oxygens (including phenoxy) is 2. The van der Waals surface area contributed by atoms with Gasteiger partial charge < -0.3 is 14.8 Å². The SMILES string of the molecule is COc1ccc(S(=O)(=O)N2CCOCC2)cc1NC(=O)CN(c1ccccc1F)S(C)(=O)=O. The van der Waals surface area contributed by atoms with Crippen LogP contribution in [0.3, 0.4) is 0 Å². The fraction of sp³-hybridized carbons (Fsp3) is 0.350. The standard InChI is InChI=1S/C20H24FN3O7S2/c1-30-19-8-7-15(33(28,29)23-9-11-31-12-10-23)13-17(19)22-20(25)14-24(32(2,26)27)18-6-4-3-5-16(18)21/h3-8,13H,9-12,14H2,1-2H3,(H,22,25). The molecule has 0 spiro atoms. The first-order chi connectivity index (χ1) is 15.5. The quantitative estimate of drug-likeness (QED) is 0.578. The highest BCUT2D eigenvalue weighted by atomic mass is 32.2.